The van der Waals surface area contributed by atoms with Gasteiger partial charge in [-0.15, -0.1) is 0 Å². The molecule has 1 aromatic heterocycles. The molecular weight excluding hydrogens is 200 g/mol. The van der Waals surface area contributed by atoms with E-state index in [4.69, 9.17) is 0 Å². The van der Waals surface area contributed by atoms with Gasteiger partial charge < -0.3 is 10.4 Å². The molecule has 0 amide bonds. The van der Waals surface area contributed by atoms with Crippen molar-refractivity contribution in [1.29, 1.82) is 0 Å². The summed E-state index contributed by atoms with van der Waals surface area (Å²) in [6.45, 7) is 0.987. The van der Waals surface area contributed by atoms with E-state index in [9.17, 15) is 5.11 Å². The van der Waals surface area contributed by atoms with Crippen LogP contribution < -0.4 is 5.32 Å². The number of phenolic OH excluding ortho intramolecular Hbond substituents is 1. The van der Waals surface area contributed by atoms with Gasteiger partial charge in [0.25, 0.3) is 0 Å². The van der Waals surface area contributed by atoms with Gasteiger partial charge in [0.1, 0.15) is 11.3 Å². The Morgan fingerprint density at radius 3 is 2.94 bits per heavy atom. The molecule has 0 aliphatic carbocycles. The first-order valence-corrected chi connectivity index (χ1v) is 5.53. The van der Waals surface area contributed by atoms with E-state index in [1.54, 1.807) is 6.07 Å². The molecule has 3 nitrogen and oxygen atoms in total. The van der Waals surface area contributed by atoms with Crippen molar-refractivity contribution in [1.82, 2.24) is 10.3 Å². The maximum Gasteiger partial charge on any atom is 0.141 e. The van der Waals surface area contributed by atoms with Crippen LogP contribution in [0.2, 0.25) is 0 Å². The fourth-order valence-corrected chi connectivity index (χ4v) is 1.76. The van der Waals surface area contributed by atoms with Gasteiger partial charge in [0.05, 0.1) is 0 Å². The summed E-state index contributed by atoms with van der Waals surface area (Å²) in [5, 5.41) is 13.8. The van der Waals surface area contributed by atoms with Crippen molar-refractivity contribution in [3.05, 3.63) is 36.0 Å². The van der Waals surface area contributed by atoms with E-state index < -0.39 is 0 Å². The molecule has 2 aromatic rings. The van der Waals surface area contributed by atoms with E-state index in [1.165, 1.54) is 0 Å². The van der Waals surface area contributed by atoms with Gasteiger partial charge in [-0.1, -0.05) is 18.2 Å². The lowest BCUT2D eigenvalue weighted by molar-refractivity contribution is 0.480. The number of phenols is 1. The van der Waals surface area contributed by atoms with Crippen molar-refractivity contribution in [2.24, 2.45) is 0 Å². The molecular formula is C13H16N2O. The Bertz CT molecular complexity index is 482. The predicted octanol–water partition coefficient (Wildman–Crippen LogP) is 2.09. The third-order valence-electron chi connectivity index (χ3n) is 2.62. The first-order chi connectivity index (χ1) is 7.81. The molecule has 0 atom stereocenters. The summed E-state index contributed by atoms with van der Waals surface area (Å²) in [7, 11) is 1.94. The Morgan fingerprint density at radius 2 is 2.12 bits per heavy atom. The van der Waals surface area contributed by atoms with Crippen molar-refractivity contribution in [2.75, 3.05) is 13.6 Å². The molecule has 84 valence electrons. The number of hydrogen-bond acceptors (Lipinski definition) is 3. The molecule has 0 saturated heterocycles. The third kappa shape index (κ3) is 2.31. The molecule has 0 aliphatic heterocycles. The second-order valence-corrected chi connectivity index (χ2v) is 3.86. The Kier molecular flexibility index (Phi) is 3.37. The minimum absolute atomic E-state index is 0.257. The SMILES string of the molecule is CNCCCc1ccc2cccc(O)c2n1. The molecule has 2 N–H and O–H groups in total. The summed E-state index contributed by atoms with van der Waals surface area (Å²) in [6.07, 6.45) is 1.99. The Morgan fingerprint density at radius 1 is 1.25 bits per heavy atom. The largest absolute Gasteiger partial charge is 0.506 e. The van der Waals surface area contributed by atoms with Gasteiger partial charge in [0.15, 0.2) is 0 Å². The lowest BCUT2D eigenvalue weighted by Gasteiger charge is -2.04. The summed E-state index contributed by atoms with van der Waals surface area (Å²) in [5.74, 6) is 0.257. The number of aromatic hydroxyl groups is 1. The summed E-state index contributed by atoms with van der Waals surface area (Å²) < 4.78 is 0. The standard InChI is InChI=1S/C13H16N2O/c1-14-9-3-5-11-8-7-10-4-2-6-12(16)13(10)15-11/h2,4,6-8,14,16H,3,5,9H2,1H3. The number of para-hydroxylation sites is 1. The van der Waals surface area contributed by atoms with Crippen LogP contribution in [0.5, 0.6) is 5.75 Å². The average molecular weight is 216 g/mol. The summed E-state index contributed by atoms with van der Waals surface area (Å²) in [6, 6.07) is 9.50. The van der Waals surface area contributed by atoms with Crippen molar-refractivity contribution < 1.29 is 5.11 Å². The predicted molar refractivity (Wildman–Crippen MR) is 65.7 cm³/mol. The van der Waals surface area contributed by atoms with E-state index in [-0.39, 0.29) is 5.75 Å². The molecule has 3 heteroatoms. The third-order valence-corrected chi connectivity index (χ3v) is 2.62. The lowest BCUT2D eigenvalue weighted by atomic mass is 10.1. The van der Waals surface area contributed by atoms with Crippen LogP contribution in [-0.2, 0) is 6.42 Å². The minimum atomic E-state index is 0.257. The fourth-order valence-electron chi connectivity index (χ4n) is 1.76. The van der Waals surface area contributed by atoms with Crippen molar-refractivity contribution >= 4 is 10.9 Å². The smallest absolute Gasteiger partial charge is 0.141 e. The number of nitrogens with one attached hydrogen (secondary N) is 1. The van der Waals surface area contributed by atoms with Crippen LogP contribution in [0.15, 0.2) is 30.3 Å². The van der Waals surface area contributed by atoms with E-state index in [0.717, 1.165) is 30.5 Å². The van der Waals surface area contributed by atoms with Gasteiger partial charge in [0.2, 0.25) is 0 Å². The summed E-state index contributed by atoms with van der Waals surface area (Å²) >= 11 is 0. The molecule has 0 aliphatic rings. The van der Waals surface area contributed by atoms with E-state index in [1.807, 2.05) is 31.3 Å². The molecule has 2 rings (SSSR count). The summed E-state index contributed by atoms with van der Waals surface area (Å²) in [4.78, 5) is 4.47. The molecule has 1 heterocycles. The number of aryl methyl sites for hydroxylation is 1. The van der Waals surface area contributed by atoms with Crippen molar-refractivity contribution in [3.63, 3.8) is 0 Å². The van der Waals surface area contributed by atoms with Gasteiger partial charge in [0, 0.05) is 11.1 Å². The van der Waals surface area contributed by atoms with E-state index in [0.29, 0.717) is 5.52 Å². The maximum atomic E-state index is 9.69. The highest BCUT2D eigenvalue weighted by Crippen LogP contribution is 2.22. The first kappa shape index (κ1) is 10.9. The number of nitrogens with zero attached hydrogens (tertiary/aromatic N) is 1. The quantitative estimate of drug-likeness (QED) is 0.769. The number of rotatable bonds is 4. The van der Waals surface area contributed by atoms with Gasteiger partial charge in [-0.05, 0) is 38.6 Å². The van der Waals surface area contributed by atoms with Gasteiger partial charge in [-0.3, -0.25) is 0 Å². The zero-order valence-corrected chi connectivity index (χ0v) is 9.40. The number of fused-ring (bicyclic) bond motifs is 1. The molecule has 0 fully saturated rings. The monoisotopic (exact) mass is 216 g/mol. The second-order valence-electron chi connectivity index (χ2n) is 3.86. The Labute approximate surface area is 95.1 Å². The summed E-state index contributed by atoms with van der Waals surface area (Å²) in [5.41, 5.74) is 1.73. The van der Waals surface area contributed by atoms with Crippen LogP contribution in [0.4, 0.5) is 0 Å². The van der Waals surface area contributed by atoms with Gasteiger partial charge in [-0.25, -0.2) is 4.98 Å². The minimum Gasteiger partial charge on any atom is -0.506 e. The molecule has 0 bridgehead atoms. The van der Waals surface area contributed by atoms with Crippen LogP contribution in [0.25, 0.3) is 10.9 Å². The molecule has 0 unspecified atom stereocenters. The van der Waals surface area contributed by atoms with E-state index in [2.05, 4.69) is 10.3 Å². The number of hydrogen-bond donors (Lipinski definition) is 2. The fraction of sp³-hybridized carbons (Fsp3) is 0.308. The topological polar surface area (TPSA) is 45.1 Å². The highest BCUT2D eigenvalue weighted by atomic mass is 16.3. The Hall–Kier alpha value is -1.61. The highest BCUT2D eigenvalue weighted by Gasteiger charge is 2.02. The first-order valence-electron chi connectivity index (χ1n) is 5.53. The highest BCUT2D eigenvalue weighted by molar-refractivity contribution is 5.84. The van der Waals surface area contributed by atoms with Crippen LogP contribution in [0, 0.1) is 0 Å². The zero-order valence-electron chi connectivity index (χ0n) is 9.40. The molecule has 16 heavy (non-hydrogen) atoms. The molecule has 0 radical (unpaired) electrons. The van der Waals surface area contributed by atoms with E-state index >= 15 is 0 Å². The van der Waals surface area contributed by atoms with Gasteiger partial charge in [-0.2, -0.15) is 0 Å². The number of pyridine rings is 1. The van der Waals surface area contributed by atoms with Crippen LogP contribution in [0.3, 0.4) is 0 Å². The lowest BCUT2D eigenvalue weighted by Crippen LogP contribution is -2.08. The van der Waals surface area contributed by atoms with Crippen LogP contribution >= 0.6 is 0 Å². The number of benzene rings is 1. The molecule has 0 spiro atoms. The van der Waals surface area contributed by atoms with Crippen molar-refractivity contribution in [2.45, 2.75) is 12.8 Å². The van der Waals surface area contributed by atoms with Crippen LogP contribution in [-0.4, -0.2) is 23.7 Å². The second kappa shape index (κ2) is 4.94. The normalized spacial score (nSPS) is 10.8. The molecule has 1 aromatic carbocycles. The molecule has 0 saturated carbocycles. The maximum absolute atomic E-state index is 9.69. The van der Waals surface area contributed by atoms with Crippen molar-refractivity contribution in [3.8, 4) is 5.75 Å². The average Bonchev–Trinajstić information content (AvgIpc) is 2.30. The van der Waals surface area contributed by atoms with Gasteiger partial charge >= 0.3 is 0 Å². The zero-order chi connectivity index (χ0) is 11.4. The van der Waals surface area contributed by atoms with Crippen LogP contribution in [0.1, 0.15) is 12.1 Å². The Balaban J connectivity index is 2.25. The number of aromatic nitrogens is 1.